The van der Waals surface area contributed by atoms with Gasteiger partial charge in [-0.1, -0.05) is 74.5 Å². The molecule has 4 aliphatic heterocycles. The Bertz CT molecular complexity index is 2680. The van der Waals surface area contributed by atoms with E-state index in [1.807, 2.05) is 12.1 Å². The number of rotatable bonds is 34. The molecule has 0 saturated carbocycles. The number of ketones is 2. The Hall–Kier alpha value is -7.06. The summed E-state index contributed by atoms with van der Waals surface area (Å²) in [7, 11) is 2.92. The van der Waals surface area contributed by atoms with Crippen LogP contribution in [0.5, 0.6) is 0 Å². The van der Waals surface area contributed by atoms with Crippen LogP contribution in [0.2, 0.25) is 0 Å². The average Bonchev–Trinajstić information content (AvgIpc) is 1.65. The molecule has 25 nitrogen and oxygen atoms in total. The Morgan fingerprint density at radius 3 is 1.45 bits per heavy atom. The van der Waals surface area contributed by atoms with Crippen LogP contribution >= 0.6 is 0 Å². The van der Waals surface area contributed by atoms with E-state index in [1.165, 1.54) is 28.8 Å². The molecule has 6 rings (SSSR count). The van der Waals surface area contributed by atoms with Crippen molar-refractivity contribution in [3.8, 4) is 0 Å². The Morgan fingerprint density at radius 1 is 0.558 bits per heavy atom. The van der Waals surface area contributed by atoms with Gasteiger partial charge in [0, 0.05) is 83.8 Å². The monoisotopic (exact) mass is 1330 g/mol. The maximum absolute atomic E-state index is 14.5. The highest BCUT2D eigenvalue weighted by molar-refractivity contribution is 5.99. The molecule has 528 valence electrons. The Kier molecular flexibility index (Phi) is 29.9. The van der Waals surface area contributed by atoms with E-state index < -0.39 is 113 Å². The zero-order chi connectivity index (χ0) is 69.6. The van der Waals surface area contributed by atoms with Crippen LogP contribution < -0.4 is 21.3 Å². The molecule has 0 unspecified atom stereocenters. The zero-order valence-electron chi connectivity index (χ0n) is 57.5. The van der Waals surface area contributed by atoms with Gasteiger partial charge in [0.25, 0.3) is 0 Å². The highest BCUT2D eigenvalue weighted by Crippen LogP contribution is 2.38. The Morgan fingerprint density at radius 2 is 0.989 bits per heavy atom. The third kappa shape index (κ3) is 22.0. The lowest BCUT2D eigenvalue weighted by Gasteiger charge is -2.34. The molecule has 0 bridgehead atoms. The van der Waals surface area contributed by atoms with Crippen LogP contribution in [0, 0.1) is 11.8 Å². The summed E-state index contributed by atoms with van der Waals surface area (Å²) in [6.07, 6.45) is 4.25. The molecule has 4 saturated heterocycles. The maximum atomic E-state index is 14.5. The number of likely N-dealkylation sites (N-methyl/N-ethyl adjacent to an activating group) is 2. The predicted molar refractivity (Wildman–Crippen MR) is 352 cm³/mol. The summed E-state index contributed by atoms with van der Waals surface area (Å²) >= 11 is 0. The number of ether oxygens (including phenoxy) is 5. The van der Waals surface area contributed by atoms with Gasteiger partial charge in [0.05, 0.1) is 38.4 Å². The smallest absolute Gasteiger partial charge is 0.410 e. The van der Waals surface area contributed by atoms with Crippen LogP contribution in [-0.2, 0) is 62.0 Å². The van der Waals surface area contributed by atoms with E-state index in [4.69, 9.17) is 23.7 Å². The second kappa shape index (κ2) is 36.9. The quantitative estimate of drug-likeness (QED) is 0.0460. The van der Waals surface area contributed by atoms with E-state index in [2.05, 4.69) is 21.3 Å². The number of hydrogen-bond donors (Lipinski definition) is 6. The highest BCUT2D eigenvalue weighted by atomic mass is 16.6. The highest BCUT2D eigenvalue weighted by Gasteiger charge is 2.50. The largest absolute Gasteiger partial charge is 0.444 e. The molecule has 2 aromatic rings. The van der Waals surface area contributed by atoms with Gasteiger partial charge in [-0.05, 0) is 136 Å². The fraction of sp³-hybridized carbons (Fsp3) is 0.686. The normalized spacial score (nSPS) is 22.5. The fourth-order valence-corrected chi connectivity index (χ4v) is 13.2. The second-order valence-corrected chi connectivity index (χ2v) is 27.4. The van der Waals surface area contributed by atoms with E-state index in [9.17, 15) is 58.2 Å². The SMILES string of the molecule is CC[C@@H](C(=O)N[C@@H]1C(=O)N2[C@@H](CC[C@@H]1CO)CC[C@H]2C(=O)C[C@H](C(=O)NCCCOCCOCCOCCCCC(=O)[C@@H](NC(=O)[C@@H]1CC[C@@H]2CC[C@H](CO)[C@H](NC(=O)[C@H](CC)N(C)C(=O)OC(C)(C)C)C(=O)N21)c1ccccc1)c1ccccc1)N(C)C(=O)OC(C)(C)C. The van der Waals surface area contributed by atoms with E-state index in [0.717, 1.165) is 0 Å². The van der Waals surface area contributed by atoms with E-state index in [1.54, 1.807) is 109 Å². The Balaban J connectivity index is 0.896. The van der Waals surface area contributed by atoms with Crippen molar-refractivity contribution < 1.29 is 81.8 Å². The van der Waals surface area contributed by atoms with Crippen LogP contribution in [0.15, 0.2) is 60.7 Å². The number of fused-ring (bicyclic) bond motifs is 2. The number of carbonyl (C=O) groups is 10. The average molecular weight is 1330 g/mol. The van der Waals surface area contributed by atoms with Gasteiger partial charge in [0.1, 0.15) is 47.5 Å². The van der Waals surface area contributed by atoms with Gasteiger partial charge in [0.15, 0.2) is 11.6 Å². The summed E-state index contributed by atoms with van der Waals surface area (Å²) in [4.78, 5) is 144. The van der Waals surface area contributed by atoms with Crippen molar-refractivity contribution in [2.45, 2.75) is 223 Å². The van der Waals surface area contributed by atoms with Crippen molar-refractivity contribution in [3.63, 3.8) is 0 Å². The van der Waals surface area contributed by atoms with Gasteiger partial charge in [-0.2, -0.15) is 0 Å². The number of aliphatic hydroxyl groups is 2. The minimum absolute atomic E-state index is 0.148. The zero-order valence-corrected chi connectivity index (χ0v) is 57.5. The number of Topliss-reactive ketones (excluding diaryl/α,β-unsaturated/α-hetero) is 2. The lowest BCUT2D eigenvalue weighted by Crippen LogP contribution is -2.59. The van der Waals surface area contributed by atoms with Gasteiger partial charge < -0.3 is 65.0 Å². The summed E-state index contributed by atoms with van der Waals surface area (Å²) in [6, 6.07) is 10.3. The number of nitrogens with one attached hydrogen (secondary N) is 4. The van der Waals surface area contributed by atoms with Gasteiger partial charge in [0.2, 0.25) is 35.4 Å². The molecule has 12 atom stereocenters. The molecule has 0 aliphatic carbocycles. The summed E-state index contributed by atoms with van der Waals surface area (Å²) < 4.78 is 28.2. The molecule has 4 fully saturated rings. The molecule has 0 aromatic heterocycles. The molecule has 2 aromatic carbocycles. The minimum atomic E-state index is -1.16. The number of amides is 8. The van der Waals surface area contributed by atoms with Gasteiger partial charge in [-0.3, -0.25) is 48.2 Å². The van der Waals surface area contributed by atoms with E-state index >= 15 is 0 Å². The first-order valence-electron chi connectivity index (χ1n) is 34.1. The van der Waals surface area contributed by atoms with Crippen LogP contribution in [0.3, 0.4) is 0 Å². The molecular weight excluding hydrogens is 1220 g/mol. The van der Waals surface area contributed by atoms with Crippen molar-refractivity contribution in [2.75, 3.05) is 73.5 Å². The summed E-state index contributed by atoms with van der Waals surface area (Å²) in [5.41, 5.74) is -0.360. The van der Waals surface area contributed by atoms with Crippen LogP contribution in [-0.4, -0.2) is 222 Å². The maximum Gasteiger partial charge on any atom is 0.410 e. The number of hydrogen-bond acceptors (Lipinski definition) is 17. The van der Waals surface area contributed by atoms with Crippen molar-refractivity contribution >= 4 is 59.2 Å². The molecule has 8 amide bonds. The number of benzene rings is 2. The molecular formula is C70H106N8O17. The summed E-state index contributed by atoms with van der Waals surface area (Å²) in [5, 5.41) is 32.5. The van der Waals surface area contributed by atoms with Crippen molar-refractivity contribution in [1.29, 1.82) is 0 Å². The van der Waals surface area contributed by atoms with Crippen LogP contribution in [0.1, 0.15) is 175 Å². The third-order valence-electron chi connectivity index (χ3n) is 18.3. The first-order valence-corrected chi connectivity index (χ1v) is 34.1. The lowest BCUT2D eigenvalue weighted by atomic mass is 9.89. The van der Waals surface area contributed by atoms with Crippen molar-refractivity contribution in [3.05, 3.63) is 71.8 Å². The number of carbonyl (C=O) groups excluding carboxylic acids is 10. The van der Waals surface area contributed by atoms with Crippen LogP contribution in [0.25, 0.3) is 0 Å². The predicted octanol–water partition coefficient (Wildman–Crippen LogP) is 5.67. The van der Waals surface area contributed by atoms with E-state index in [0.29, 0.717) is 121 Å². The van der Waals surface area contributed by atoms with Gasteiger partial charge in [-0.25, -0.2) is 9.59 Å². The first-order chi connectivity index (χ1) is 45.2. The van der Waals surface area contributed by atoms with Crippen molar-refractivity contribution in [2.24, 2.45) is 11.8 Å². The Labute approximate surface area is 560 Å². The van der Waals surface area contributed by atoms with E-state index in [-0.39, 0.29) is 75.0 Å². The summed E-state index contributed by atoms with van der Waals surface area (Å²) in [6.45, 7) is 15.2. The van der Waals surface area contributed by atoms with Crippen molar-refractivity contribution in [1.82, 2.24) is 40.9 Å². The second-order valence-electron chi connectivity index (χ2n) is 27.4. The molecule has 4 heterocycles. The fourth-order valence-electron chi connectivity index (χ4n) is 13.2. The number of unbranched alkanes of at least 4 members (excludes halogenated alkanes) is 1. The van der Waals surface area contributed by atoms with Gasteiger partial charge in [-0.15, -0.1) is 0 Å². The topological polar surface area (TPSA) is 318 Å². The lowest BCUT2D eigenvalue weighted by molar-refractivity contribution is -0.144. The third-order valence-corrected chi connectivity index (χ3v) is 18.3. The molecule has 0 spiro atoms. The standard InChI is InChI=1S/C70H106N8O17/c1-11-52(75(9)67(89)94-69(3,4)5)62(84)73-59-47(43-79)27-29-49-31-33-54(77(49)65(59)87)57(82)42-51(45-22-15-13-16-23-45)61(83)71-35-21-37-92-39-41-93-40-38-91-36-20-19-26-56(81)58(46-24-17-14-18-25-46)72-64(86)55-34-32-50-30-28-48(44-80)60(66(88)78(50)55)74-63(85)53(12-2)76(10)68(90)95-70(6,7)8/h13-18,22-25,47-55,58-60,79-80H,11-12,19-21,26-44H2,1-10H3,(H,71,83)(H,72,86)(H,73,84)(H,74,85)/t47-,48-,49+,50+,51+,52+,53+,54+,55+,58+,59+,60+/m1/s1. The number of aliphatic hydroxyl groups excluding tert-OH is 2. The molecule has 0 radical (unpaired) electrons. The van der Waals surface area contributed by atoms with Gasteiger partial charge >= 0.3 is 12.2 Å². The molecule has 25 heteroatoms. The molecule has 95 heavy (non-hydrogen) atoms. The minimum Gasteiger partial charge on any atom is -0.444 e. The summed E-state index contributed by atoms with van der Waals surface area (Å²) in [5.74, 6) is -5.56. The number of nitrogens with zero attached hydrogens (tertiary/aromatic N) is 4. The molecule has 4 aliphatic rings. The molecule has 6 N–H and O–H groups in total. The van der Waals surface area contributed by atoms with Crippen LogP contribution in [0.4, 0.5) is 9.59 Å². The first kappa shape index (κ1) is 77.0.